The van der Waals surface area contributed by atoms with Crippen molar-refractivity contribution < 1.29 is 13.9 Å². The molecule has 146 valence electrons. The number of aromatic nitrogens is 2. The molecule has 0 bridgehead atoms. The highest BCUT2D eigenvalue weighted by atomic mass is 32.2. The normalized spacial score (nSPS) is 11.7. The highest BCUT2D eigenvalue weighted by molar-refractivity contribution is 8.02. The zero-order valence-electron chi connectivity index (χ0n) is 15.3. The smallest absolute Gasteiger partial charge is 0.233 e. The maximum atomic E-state index is 13.2. The molecule has 2 N–H and O–H groups in total. The van der Waals surface area contributed by atoms with Crippen LogP contribution in [0.4, 0.5) is 15.2 Å². The lowest BCUT2D eigenvalue weighted by atomic mass is 10.2. The van der Waals surface area contributed by atoms with Crippen molar-refractivity contribution in [1.82, 2.24) is 15.5 Å². The van der Waals surface area contributed by atoms with Crippen molar-refractivity contribution in [2.24, 2.45) is 0 Å². The third-order valence-corrected chi connectivity index (χ3v) is 5.78. The van der Waals surface area contributed by atoms with Gasteiger partial charge in [-0.25, -0.2) is 4.39 Å². The van der Waals surface area contributed by atoms with Crippen molar-refractivity contribution in [1.29, 1.82) is 0 Å². The van der Waals surface area contributed by atoms with Gasteiger partial charge < -0.3 is 15.4 Å². The van der Waals surface area contributed by atoms with Crippen molar-refractivity contribution >= 4 is 39.8 Å². The molecule has 1 amide bonds. The minimum absolute atomic E-state index is 0.0874. The van der Waals surface area contributed by atoms with E-state index in [2.05, 4.69) is 20.8 Å². The lowest BCUT2D eigenvalue weighted by Crippen LogP contribution is -2.30. The van der Waals surface area contributed by atoms with Gasteiger partial charge in [-0.3, -0.25) is 4.79 Å². The van der Waals surface area contributed by atoms with Crippen LogP contribution in [0.3, 0.4) is 0 Å². The summed E-state index contributed by atoms with van der Waals surface area (Å²) in [7, 11) is 1.61. The summed E-state index contributed by atoms with van der Waals surface area (Å²) in [6.07, 6.45) is 0. The van der Waals surface area contributed by atoms with E-state index in [1.165, 1.54) is 35.2 Å². The van der Waals surface area contributed by atoms with E-state index in [1.54, 1.807) is 19.2 Å². The predicted molar refractivity (Wildman–Crippen MR) is 110 cm³/mol. The average Bonchev–Trinajstić information content (AvgIpc) is 3.13. The van der Waals surface area contributed by atoms with Crippen molar-refractivity contribution in [3.05, 3.63) is 59.9 Å². The Hall–Kier alpha value is -2.65. The van der Waals surface area contributed by atoms with Crippen LogP contribution in [-0.2, 0) is 11.3 Å². The van der Waals surface area contributed by atoms with E-state index in [0.29, 0.717) is 21.7 Å². The Labute approximate surface area is 170 Å². The molecule has 1 heterocycles. The molecule has 0 spiro atoms. The molecule has 0 unspecified atom stereocenters. The van der Waals surface area contributed by atoms with E-state index in [0.717, 1.165) is 11.3 Å². The van der Waals surface area contributed by atoms with Crippen molar-refractivity contribution in [2.45, 2.75) is 23.1 Å². The van der Waals surface area contributed by atoms with Crippen LogP contribution in [0, 0.1) is 5.82 Å². The van der Waals surface area contributed by atoms with Crippen LogP contribution >= 0.6 is 23.1 Å². The number of hydrogen-bond donors (Lipinski definition) is 2. The summed E-state index contributed by atoms with van der Waals surface area (Å²) in [4.78, 5) is 12.3. The largest absolute Gasteiger partial charge is 0.497 e. The second-order valence-corrected chi connectivity index (χ2v) is 8.40. The minimum Gasteiger partial charge on any atom is -0.497 e. The summed E-state index contributed by atoms with van der Waals surface area (Å²) in [5, 5.41) is 14.2. The van der Waals surface area contributed by atoms with Crippen molar-refractivity contribution in [3.63, 3.8) is 0 Å². The molecule has 9 heteroatoms. The number of rotatable bonds is 8. The molecule has 0 aliphatic heterocycles. The molecule has 0 saturated heterocycles. The van der Waals surface area contributed by atoms with Crippen molar-refractivity contribution in [2.75, 3.05) is 12.4 Å². The number of ether oxygens (including phenoxy) is 1. The Morgan fingerprint density at radius 2 is 2.04 bits per heavy atom. The summed E-state index contributed by atoms with van der Waals surface area (Å²) in [6.45, 7) is 2.26. The molecule has 3 rings (SSSR count). The number of methoxy groups -OCH3 is 1. The third-order valence-electron chi connectivity index (χ3n) is 3.75. The van der Waals surface area contributed by atoms with E-state index in [1.807, 2.05) is 31.2 Å². The number of nitrogens with zero attached hydrogens (tertiary/aromatic N) is 2. The highest BCUT2D eigenvalue weighted by Crippen LogP contribution is 2.30. The molecular formula is C19H19FN4O2S2. The molecule has 1 aromatic heterocycles. The first-order valence-electron chi connectivity index (χ1n) is 8.47. The number of amides is 1. The van der Waals surface area contributed by atoms with E-state index in [4.69, 9.17) is 4.74 Å². The fraction of sp³-hybridized carbons (Fsp3) is 0.211. The number of hydrogen-bond acceptors (Lipinski definition) is 7. The molecule has 6 nitrogen and oxygen atoms in total. The number of benzene rings is 2. The first kappa shape index (κ1) is 20.1. The van der Waals surface area contributed by atoms with Gasteiger partial charge in [0.05, 0.1) is 12.4 Å². The van der Waals surface area contributed by atoms with E-state index >= 15 is 0 Å². The fourth-order valence-corrected chi connectivity index (χ4v) is 4.22. The maximum absolute atomic E-state index is 13.2. The van der Waals surface area contributed by atoms with Gasteiger partial charge in [0.1, 0.15) is 11.6 Å². The number of halogens is 1. The molecule has 3 aromatic rings. The molecular weight excluding hydrogens is 399 g/mol. The first-order chi connectivity index (χ1) is 13.5. The summed E-state index contributed by atoms with van der Waals surface area (Å²) < 4.78 is 19.0. The van der Waals surface area contributed by atoms with Gasteiger partial charge in [0.15, 0.2) is 4.34 Å². The first-order valence-corrected chi connectivity index (χ1v) is 10.2. The molecule has 2 aromatic carbocycles. The Morgan fingerprint density at radius 1 is 1.25 bits per heavy atom. The van der Waals surface area contributed by atoms with Gasteiger partial charge in [-0.1, -0.05) is 41.3 Å². The molecule has 1 atom stereocenters. The summed E-state index contributed by atoms with van der Waals surface area (Å²) >= 11 is 2.64. The average molecular weight is 419 g/mol. The van der Waals surface area contributed by atoms with Crippen LogP contribution < -0.4 is 15.4 Å². The van der Waals surface area contributed by atoms with Gasteiger partial charge in [0, 0.05) is 12.2 Å². The molecule has 0 saturated carbocycles. The zero-order chi connectivity index (χ0) is 19.9. The summed E-state index contributed by atoms with van der Waals surface area (Å²) in [5.74, 6) is 0.361. The quantitative estimate of drug-likeness (QED) is 0.533. The number of carbonyl (C=O) groups is 1. The van der Waals surface area contributed by atoms with Crippen LogP contribution in [0.2, 0.25) is 0 Å². The number of nitrogens with one attached hydrogen (secondary N) is 2. The van der Waals surface area contributed by atoms with Crippen LogP contribution in [0.5, 0.6) is 5.75 Å². The topological polar surface area (TPSA) is 76.1 Å². The van der Waals surface area contributed by atoms with Gasteiger partial charge in [0.2, 0.25) is 11.0 Å². The molecule has 0 radical (unpaired) electrons. The lowest BCUT2D eigenvalue weighted by Gasteiger charge is -2.10. The minimum atomic E-state index is -0.328. The Balaban J connectivity index is 1.50. The van der Waals surface area contributed by atoms with Crippen molar-refractivity contribution in [3.8, 4) is 5.75 Å². The summed E-state index contributed by atoms with van der Waals surface area (Å²) in [6, 6.07) is 13.6. The zero-order valence-corrected chi connectivity index (χ0v) is 16.9. The molecule has 0 fully saturated rings. The number of carbonyl (C=O) groups excluding carboxylic acids is 1. The third kappa shape index (κ3) is 5.67. The fourth-order valence-electron chi connectivity index (χ4n) is 2.28. The Bertz CT molecular complexity index is 934. The van der Waals surface area contributed by atoms with Crippen LogP contribution in [0.25, 0.3) is 0 Å². The maximum Gasteiger partial charge on any atom is 0.233 e. The Kier molecular flexibility index (Phi) is 6.83. The predicted octanol–water partition coefficient (Wildman–Crippen LogP) is 4.23. The van der Waals surface area contributed by atoms with E-state index in [9.17, 15) is 9.18 Å². The monoisotopic (exact) mass is 418 g/mol. The number of thioether (sulfide) groups is 1. The van der Waals surface area contributed by atoms with Gasteiger partial charge in [-0.05, 0) is 42.8 Å². The SMILES string of the molecule is COc1ccc(CNC(=O)[C@@H](C)Sc2nnc(Nc3cccc(F)c3)s2)cc1. The summed E-state index contributed by atoms with van der Waals surface area (Å²) in [5.41, 5.74) is 1.59. The number of anilines is 2. The molecule has 28 heavy (non-hydrogen) atoms. The van der Waals surface area contributed by atoms with Gasteiger partial charge >= 0.3 is 0 Å². The van der Waals surface area contributed by atoms with E-state index < -0.39 is 0 Å². The second-order valence-electron chi connectivity index (χ2n) is 5.83. The van der Waals surface area contributed by atoms with Gasteiger partial charge in [0.25, 0.3) is 0 Å². The Morgan fingerprint density at radius 3 is 2.75 bits per heavy atom. The van der Waals surface area contributed by atoms with Crippen LogP contribution in [-0.4, -0.2) is 28.5 Å². The van der Waals surface area contributed by atoms with Crippen LogP contribution in [0.15, 0.2) is 52.9 Å². The molecule has 0 aliphatic carbocycles. The lowest BCUT2D eigenvalue weighted by molar-refractivity contribution is -0.120. The highest BCUT2D eigenvalue weighted by Gasteiger charge is 2.17. The molecule has 0 aliphatic rings. The standard InChI is InChI=1S/C19H19FN4O2S2/c1-12(17(25)21-11-13-6-8-16(26-2)9-7-13)27-19-24-23-18(28-19)22-15-5-3-4-14(20)10-15/h3-10,12H,11H2,1-2H3,(H,21,25)(H,22,23)/t12-/m1/s1. The van der Waals surface area contributed by atoms with Gasteiger partial charge in [-0.2, -0.15) is 0 Å². The second kappa shape index (κ2) is 9.52. The van der Waals surface area contributed by atoms with Gasteiger partial charge in [-0.15, -0.1) is 10.2 Å². The van der Waals surface area contributed by atoms with E-state index in [-0.39, 0.29) is 17.0 Å². The van der Waals surface area contributed by atoms with Crippen LogP contribution in [0.1, 0.15) is 12.5 Å².